The van der Waals surface area contributed by atoms with Gasteiger partial charge in [-0.05, 0) is 25.8 Å². The summed E-state index contributed by atoms with van der Waals surface area (Å²) in [6.07, 6.45) is 6.12. The van der Waals surface area contributed by atoms with Crippen LogP contribution in [0.4, 0.5) is 0 Å². The molecule has 2 unspecified atom stereocenters. The minimum Gasteiger partial charge on any atom is -0.392 e. The van der Waals surface area contributed by atoms with E-state index in [1.807, 2.05) is 16.9 Å². The Morgan fingerprint density at radius 1 is 1.50 bits per heavy atom. The van der Waals surface area contributed by atoms with E-state index in [4.69, 9.17) is 0 Å². The molecule has 3 nitrogen and oxygen atoms in total. The van der Waals surface area contributed by atoms with Gasteiger partial charge in [-0.2, -0.15) is 5.10 Å². The number of hydrogen-bond acceptors (Lipinski definition) is 2. The highest BCUT2D eigenvalue weighted by Crippen LogP contribution is 2.32. The number of aromatic nitrogens is 2. The number of rotatable bonds is 2. The molecule has 0 saturated heterocycles. The highest BCUT2D eigenvalue weighted by Gasteiger charge is 2.26. The van der Waals surface area contributed by atoms with Crippen molar-refractivity contribution < 1.29 is 5.11 Å². The lowest BCUT2D eigenvalue weighted by atomic mass is 9.84. The van der Waals surface area contributed by atoms with Gasteiger partial charge in [-0.1, -0.05) is 12.8 Å². The second-order valence-corrected chi connectivity index (χ2v) is 4.03. The first kappa shape index (κ1) is 9.71. The lowest BCUT2D eigenvalue weighted by Crippen LogP contribution is -2.24. The molecule has 14 heavy (non-hydrogen) atoms. The van der Waals surface area contributed by atoms with E-state index in [1.54, 1.807) is 0 Å². The van der Waals surface area contributed by atoms with Crippen LogP contribution < -0.4 is 0 Å². The molecule has 1 aromatic heterocycles. The summed E-state index contributed by atoms with van der Waals surface area (Å²) in [5, 5.41) is 14.2. The Hall–Kier alpha value is -0.830. The highest BCUT2D eigenvalue weighted by molar-refractivity contribution is 5.11. The van der Waals surface area contributed by atoms with Gasteiger partial charge in [0.25, 0.3) is 0 Å². The van der Waals surface area contributed by atoms with Crippen LogP contribution in [-0.4, -0.2) is 21.0 Å². The average Bonchev–Trinajstić information content (AvgIpc) is 2.66. The normalized spacial score (nSPS) is 27.9. The summed E-state index contributed by atoms with van der Waals surface area (Å²) in [5.74, 6) is 0.311. The van der Waals surface area contributed by atoms with Gasteiger partial charge in [0.15, 0.2) is 0 Å². The monoisotopic (exact) mass is 194 g/mol. The molecule has 1 saturated carbocycles. The van der Waals surface area contributed by atoms with Crippen LogP contribution in [0.15, 0.2) is 12.3 Å². The molecule has 0 aliphatic heterocycles. The molecule has 0 aromatic carbocycles. The van der Waals surface area contributed by atoms with Crippen LogP contribution in [0.1, 0.15) is 44.2 Å². The van der Waals surface area contributed by atoms with Gasteiger partial charge in [0.1, 0.15) is 0 Å². The number of hydrogen-bond donors (Lipinski definition) is 1. The summed E-state index contributed by atoms with van der Waals surface area (Å²) in [6, 6.07) is 2.04. The maximum Gasteiger partial charge on any atom is 0.0623 e. The predicted molar refractivity (Wildman–Crippen MR) is 55.1 cm³/mol. The topological polar surface area (TPSA) is 38.0 Å². The number of aryl methyl sites for hydroxylation is 1. The number of aliphatic hydroxyl groups excluding tert-OH is 1. The molecule has 0 spiro atoms. The molecule has 0 radical (unpaired) electrons. The van der Waals surface area contributed by atoms with E-state index >= 15 is 0 Å². The fourth-order valence-electron chi connectivity index (χ4n) is 2.38. The van der Waals surface area contributed by atoms with Crippen molar-refractivity contribution in [3.05, 3.63) is 18.0 Å². The molecule has 1 aromatic rings. The molecule has 1 aliphatic carbocycles. The van der Waals surface area contributed by atoms with Crippen LogP contribution in [-0.2, 0) is 6.54 Å². The van der Waals surface area contributed by atoms with Crippen molar-refractivity contribution in [2.45, 2.75) is 51.2 Å². The fraction of sp³-hybridized carbons (Fsp3) is 0.727. The summed E-state index contributed by atoms with van der Waals surface area (Å²) < 4.78 is 2.00. The lowest BCUT2D eigenvalue weighted by Gasteiger charge is -2.27. The molecule has 1 N–H and O–H groups in total. The van der Waals surface area contributed by atoms with Gasteiger partial charge in [0.05, 0.1) is 6.10 Å². The van der Waals surface area contributed by atoms with Gasteiger partial charge in [0, 0.05) is 24.4 Å². The van der Waals surface area contributed by atoms with Gasteiger partial charge in [0.2, 0.25) is 0 Å². The minimum atomic E-state index is -0.161. The zero-order chi connectivity index (χ0) is 9.97. The lowest BCUT2D eigenvalue weighted by molar-refractivity contribution is 0.102. The molecule has 2 atom stereocenters. The Morgan fingerprint density at radius 2 is 2.29 bits per heavy atom. The molecular weight excluding hydrogens is 176 g/mol. The van der Waals surface area contributed by atoms with Crippen molar-refractivity contribution in [3.63, 3.8) is 0 Å². The Bertz CT molecular complexity index is 295. The highest BCUT2D eigenvalue weighted by atomic mass is 16.3. The first-order valence-electron chi connectivity index (χ1n) is 5.52. The maximum absolute atomic E-state index is 9.92. The van der Waals surface area contributed by atoms with Crippen molar-refractivity contribution in [2.75, 3.05) is 0 Å². The molecule has 1 fully saturated rings. The van der Waals surface area contributed by atoms with Crippen molar-refractivity contribution >= 4 is 0 Å². The quantitative estimate of drug-likeness (QED) is 0.781. The summed E-state index contributed by atoms with van der Waals surface area (Å²) >= 11 is 0. The largest absolute Gasteiger partial charge is 0.392 e. The minimum absolute atomic E-state index is 0.161. The van der Waals surface area contributed by atoms with Gasteiger partial charge in [-0.3, -0.25) is 4.68 Å². The fourth-order valence-corrected chi connectivity index (χ4v) is 2.38. The van der Waals surface area contributed by atoms with E-state index in [0.717, 1.165) is 25.8 Å². The van der Waals surface area contributed by atoms with Crippen LogP contribution >= 0.6 is 0 Å². The molecule has 1 heterocycles. The summed E-state index contributed by atoms with van der Waals surface area (Å²) in [4.78, 5) is 0. The second-order valence-electron chi connectivity index (χ2n) is 4.03. The number of aliphatic hydroxyl groups is 1. The molecule has 1 aliphatic rings. The third-order valence-corrected chi connectivity index (χ3v) is 3.16. The molecule has 0 amide bonds. The molecule has 3 heteroatoms. The molecule has 78 valence electrons. The maximum atomic E-state index is 9.92. The molecular formula is C11H18N2O. The van der Waals surface area contributed by atoms with E-state index in [9.17, 15) is 5.11 Å². The second kappa shape index (κ2) is 4.13. The third-order valence-electron chi connectivity index (χ3n) is 3.16. The smallest absolute Gasteiger partial charge is 0.0623 e. The molecule has 0 bridgehead atoms. The van der Waals surface area contributed by atoms with Crippen molar-refractivity contribution in [3.8, 4) is 0 Å². The third kappa shape index (κ3) is 1.69. The van der Waals surface area contributed by atoms with Crippen LogP contribution in [0.2, 0.25) is 0 Å². The first-order valence-corrected chi connectivity index (χ1v) is 5.52. The SMILES string of the molecule is CCn1nccc1C1CCCCC1O. The zero-order valence-corrected chi connectivity index (χ0v) is 8.69. The first-order chi connectivity index (χ1) is 6.83. The van der Waals surface area contributed by atoms with E-state index in [0.29, 0.717) is 5.92 Å². The van der Waals surface area contributed by atoms with Gasteiger partial charge in [-0.25, -0.2) is 0 Å². The average molecular weight is 194 g/mol. The van der Waals surface area contributed by atoms with E-state index in [-0.39, 0.29) is 6.10 Å². The van der Waals surface area contributed by atoms with Crippen LogP contribution in [0.25, 0.3) is 0 Å². The Morgan fingerprint density at radius 3 is 3.00 bits per heavy atom. The summed E-state index contributed by atoms with van der Waals surface area (Å²) in [5.41, 5.74) is 1.21. The van der Waals surface area contributed by atoms with E-state index < -0.39 is 0 Å². The standard InChI is InChI=1S/C11H18N2O/c1-2-13-10(7-8-12-13)9-5-3-4-6-11(9)14/h7-9,11,14H,2-6H2,1H3. The Balaban J connectivity index is 2.20. The number of nitrogens with zero attached hydrogens (tertiary/aromatic N) is 2. The van der Waals surface area contributed by atoms with Crippen molar-refractivity contribution in [2.24, 2.45) is 0 Å². The zero-order valence-electron chi connectivity index (χ0n) is 8.69. The summed E-state index contributed by atoms with van der Waals surface area (Å²) in [7, 11) is 0. The van der Waals surface area contributed by atoms with Crippen molar-refractivity contribution in [1.82, 2.24) is 9.78 Å². The van der Waals surface area contributed by atoms with Crippen LogP contribution in [0.5, 0.6) is 0 Å². The van der Waals surface area contributed by atoms with Crippen LogP contribution in [0.3, 0.4) is 0 Å². The Labute approximate surface area is 84.7 Å². The van der Waals surface area contributed by atoms with Crippen molar-refractivity contribution in [1.29, 1.82) is 0 Å². The Kier molecular flexibility index (Phi) is 2.87. The molecule has 2 rings (SSSR count). The summed E-state index contributed by atoms with van der Waals surface area (Å²) in [6.45, 7) is 2.98. The predicted octanol–water partition coefficient (Wildman–Crippen LogP) is 1.92. The van der Waals surface area contributed by atoms with Gasteiger partial charge in [-0.15, -0.1) is 0 Å². The van der Waals surface area contributed by atoms with Gasteiger partial charge < -0.3 is 5.11 Å². The van der Waals surface area contributed by atoms with Crippen LogP contribution in [0, 0.1) is 0 Å². The van der Waals surface area contributed by atoms with E-state index in [1.165, 1.54) is 12.1 Å². The van der Waals surface area contributed by atoms with Gasteiger partial charge >= 0.3 is 0 Å². The van der Waals surface area contributed by atoms with E-state index in [2.05, 4.69) is 12.0 Å².